The second-order valence-corrected chi connectivity index (χ2v) is 5.60. The summed E-state index contributed by atoms with van der Waals surface area (Å²) in [6.45, 7) is 9.31. The van der Waals surface area contributed by atoms with Crippen molar-refractivity contribution < 1.29 is 18.1 Å². The number of alkyl halides is 2. The number of rotatable bonds is 4. The van der Waals surface area contributed by atoms with Gasteiger partial charge in [-0.25, -0.2) is 8.78 Å². The molecule has 1 saturated heterocycles. The molecule has 0 bridgehead atoms. The zero-order chi connectivity index (χ0) is 14.8. The Balaban J connectivity index is 2.99. The van der Waals surface area contributed by atoms with Gasteiger partial charge in [0, 0.05) is 12.1 Å². The van der Waals surface area contributed by atoms with Gasteiger partial charge in [-0.05, 0) is 40.1 Å². The second kappa shape index (κ2) is 5.73. The van der Waals surface area contributed by atoms with Gasteiger partial charge in [0.25, 0.3) is 6.43 Å². The predicted molar refractivity (Wildman–Crippen MR) is 73.0 cm³/mol. The van der Waals surface area contributed by atoms with Gasteiger partial charge in [0.2, 0.25) is 0 Å². The van der Waals surface area contributed by atoms with Crippen LogP contribution in [0.25, 0.3) is 0 Å². The van der Waals surface area contributed by atoms with Crippen LogP contribution in [0.2, 0.25) is 0 Å². The molecule has 108 valence electrons. The summed E-state index contributed by atoms with van der Waals surface area (Å²) in [5, 5.41) is 0. The van der Waals surface area contributed by atoms with Crippen LogP contribution in [-0.4, -0.2) is 31.3 Å². The monoisotopic (exact) mass is 273 g/mol. The molecule has 0 aromatic rings. The van der Waals surface area contributed by atoms with Crippen molar-refractivity contribution in [2.75, 3.05) is 6.54 Å². The summed E-state index contributed by atoms with van der Waals surface area (Å²) in [4.78, 5) is 0. The van der Waals surface area contributed by atoms with E-state index in [0.717, 1.165) is 0 Å². The van der Waals surface area contributed by atoms with Crippen molar-refractivity contribution in [3.8, 4) is 0 Å². The fourth-order valence-electron chi connectivity index (χ4n) is 1.70. The van der Waals surface area contributed by atoms with E-state index in [1.165, 1.54) is 12.2 Å². The van der Waals surface area contributed by atoms with Crippen molar-refractivity contribution in [1.82, 2.24) is 0 Å². The predicted octanol–water partition coefficient (Wildman–Crippen LogP) is 2.71. The van der Waals surface area contributed by atoms with Crippen LogP contribution in [-0.2, 0) is 9.31 Å². The van der Waals surface area contributed by atoms with Crippen molar-refractivity contribution in [2.45, 2.75) is 52.2 Å². The molecule has 0 aliphatic carbocycles. The molecule has 0 aromatic carbocycles. The Hall–Kier alpha value is -0.715. The Morgan fingerprint density at radius 2 is 1.68 bits per heavy atom. The van der Waals surface area contributed by atoms with Crippen molar-refractivity contribution in [2.24, 2.45) is 5.73 Å². The molecular weight excluding hydrogens is 251 g/mol. The summed E-state index contributed by atoms with van der Waals surface area (Å²) >= 11 is 0. The van der Waals surface area contributed by atoms with Gasteiger partial charge in [0.1, 0.15) is 0 Å². The van der Waals surface area contributed by atoms with Crippen molar-refractivity contribution in [3.63, 3.8) is 0 Å². The summed E-state index contributed by atoms with van der Waals surface area (Å²) in [6, 6.07) is 0. The first-order valence-electron chi connectivity index (χ1n) is 6.35. The van der Waals surface area contributed by atoms with E-state index in [4.69, 9.17) is 15.0 Å². The topological polar surface area (TPSA) is 44.5 Å². The van der Waals surface area contributed by atoms with Crippen LogP contribution >= 0.6 is 0 Å². The zero-order valence-corrected chi connectivity index (χ0v) is 12.2. The minimum atomic E-state index is -2.53. The molecular formula is C13H22BF2NO2. The summed E-state index contributed by atoms with van der Waals surface area (Å²) in [5.74, 6) is 0. The Morgan fingerprint density at radius 3 is 2.00 bits per heavy atom. The first-order chi connectivity index (χ1) is 8.64. The van der Waals surface area contributed by atoms with Gasteiger partial charge in [-0.15, -0.1) is 0 Å². The van der Waals surface area contributed by atoms with Gasteiger partial charge in [-0.2, -0.15) is 0 Å². The highest BCUT2D eigenvalue weighted by atomic mass is 19.3. The standard InChI is InChI=1S/C13H22BF2NO2/c1-6-9(11(15)16)7-10(8-17)14-18-12(2,3)13(4,5)19-14/h6-7,11H,8,17H2,1-5H3/b9-6+,10-7+. The molecule has 3 nitrogen and oxygen atoms in total. The smallest absolute Gasteiger partial charge is 0.400 e. The van der Waals surface area contributed by atoms with Crippen LogP contribution in [0.3, 0.4) is 0 Å². The van der Waals surface area contributed by atoms with Gasteiger partial charge < -0.3 is 15.0 Å². The van der Waals surface area contributed by atoms with Crippen molar-refractivity contribution >= 4 is 7.12 Å². The lowest BCUT2D eigenvalue weighted by Gasteiger charge is -2.32. The van der Waals surface area contributed by atoms with Gasteiger partial charge in [0.05, 0.1) is 11.2 Å². The molecule has 2 N–H and O–H groups in total. The van der Waals surface area contributed by atoms with Crippen molar-refractivity contribution in [1.29, 1.82) is 0 Å². The Bertz CT molecular complexity index is 376. The molecule has 19 heavy (non-hydrogen) atoms. The average Bonchev–Trinajstić information content (AvgIpc) is 2.49. The maximum absolute atomic E-state index is 12.8. The molecule has 0 unspecified atom stereocenters. The number of nitrogens with two attached hydrogens (primary N) is 1. The van der Waals surface area contributed by atoms with Gasteiger partial charge >= 0.3 is 7.12 Å². The van der Waals surface area contributed by atoms with Crippen LogP contribution < -0.4 is 5.73 Å². The largest absolute Gasteiger partial charge is 0.491 e. The number of allylic oxidation sites excluding steroid dienone is 3. The fourth-order valence-corrected chi connectivity index (χ4v) is 1.70. The van der Waals surface area contributed by atoms with E-state index in [9.17, 15) is 8.78 Å². The van der Waals surface area contributed by atoms with Gasteiger partial charge in [-0.1, -0.05) is 12.2 Å². The molecule has 0 amide bonds. The third-order valence-corrected chi connectivity index (χ3v) is 3.73. The molecule has 1 aliphatic heterocycles. The number of hydrogen-bond donors (Lipinski definition) is 1. The quantitative estimate of drug-likeness (QED) is 0.632. The van der Waals surface area contributed by atoms with Crippen LogP contribution in [0.15, 0.2) is 23.2 Å². The highest BCUT2D eigenvalue weighted by molar-refractivity contribution is 6.54. The Kier molecular flexibility index (Phi) is 4.93. The molecule has 0 aromatic heterocycles. The lowest BCUT2D eigenvalue weighted by molar-refractivity contribution is 0.00578. The molecule has 0 spiro atoms. The fraction of sp³-hybridized carbons (Fsp3) is 0.692. The molecule has 1 fully saturated rings. The van der Waals surface area contributed by atoms with E-state index in [0.29, 0.717) is 5.47 Å². The second-order valence-electron chi connectivity index (χ2n) is 5.60. The normalized spacial score (nSPS) is 23.3. The minimum absolute atomic E-state index is 0.0739. The Labute approximate surface area is 114 Å². The molecule has 1 aliphatic rings. The first-order valence-corrected chi connectivity index (χ1v) is 6.35. The molecule has 1 rings (SSSR count). The van der Waals surface area contributed by atoms with E-state index in [2.05, 4.69) is 0 Å². The van der Waals surface area contributed by atoms with Crippen LogP contribution in [0.5, 0.6) is 0 Å². The van der Waals surface area contributed by atoms with Crippen molar-refractivity contribution in [3.05, 3.63) is 23.2 Å². The lowest BCUT2D eigenvalue weighted by Crippen LogP contribution is -2.41. The van der Waals surface area contributed by atoms with Crippen LogP contribution in [0, 0.1) is 0 Å². The van der Waals surface area contributed by atoms with E-state index >= 15 is 0 Å². The third kappa shape index (κ3) is 3.44. The molecule has 0 saturated carbocycles. The molecule has 0 radical (unpaired) electrons. The number of hydrogen-bond acceptors (Lipinski definition) is 3. The minimum Gasteiger partial charge on any atom is -0.400 e. The summed E-state index contributed by atoms with van der Waals surface area (Å²) in [6.07, 6.45) is 0.201. The van der Waals surface area contributed by atoms with Crippen LogP contribution in [0.1, 0.15) is 34.6 Å². The third-order valence-electron chi connectivity index (χ3n) is 3.73. The summed E-state index contributed by atoms with van der Waals surface area (Å²) in [5.41, 5.74) is 5.06. The highest BCUT2D eigenvalue weighted by Crippen LogP contribution is 2.38. The first kappa shape index (κ1) is 16.3. The van der Waals surface area contributed by atoms with E-state index < -0.39 is 24.7 Å². The van der Waals surface area contributed by atoms with Gasteiger partial charge in [-0.3, -0.25) is 0 Å². The van der Waals surface area contributed by atoms with Crippen LogP contribution in [0.4, 0.5) is 8.78 Å². The highest BCUT2D eigenvalue weighted by Gasteiger charge is 2.52. The van der Waals surface area contributed by atoms with E-state index in [-0.39, 0.29) is 12.1 Å². The average molecular weight is 273 g/mol. The maximum atomic E-state index is 12.8. The summed E-state index contributed by atoms with van der Waals surface area (Å²) in [7, 11) is -0.677. The zero-order valence-electron chi connectivity index (χ0n) is 12.2. The maximum Gasteiger partial charge on any atom is 0.491 e. The Morgan fingerprint density at radius 1 is 1.21 bits per heavy atom. The molecule has 0 atom stereocenters. The van der Waals surface area contributed by atoms with Gasteiger partial charge in [0.15, 0.2) is 0 Å². The number of halogens is 2. The molecule has 6 heteroatoms. The SMILES string of the molecule is C/C=C(\C=C(/CN)B1OC(C)(C)C(C)(C)O1)C(F)F. The van der Waals surface area contributed by atoms with E-state index in [1.54, 1.807) is 6.92 Å². The van der Waals surface area contributed by atoms with E-state index in [1.807, 2.05) is 27.7 Å². The summed E-state index contributed by atoms with van der Waals surface area (Å²) < 4.78 is 37.1. The molecule has 1 heterocycles. The lowest BCUT2D eigenvalue weighted by atomic mass is 9.77.